The van der Waals surface area contributed by atoms with Crippen LogP contribution in [-0.2, 0) is 14.3 Å². The number of rotatable bonds is 2. The second-order valence-electron chi connectivity index (χ2n) is 3.33. The highest BCUT2D eigenvalue weighted by Crippen LogP contribution is 2.14. The van der Waals surface area contributed by atoms with Crippen LogP contribution in [0.25, 0.3) is 0 Å². The summed E-state index contributed by atoms with van der Waals surface area (Å²) in [7, 11) is 0. The van der Waals surface area contributed by atoms with Gasteiger partial charge < -0.3 is 19.5 Å². The molecule has 1 atom stereocenters. The van der Waals surface area contributed by atoms with Gasteiger partial charge in [-0.1, -0.05) is 0 Å². The molecule has 2 heterocycles. The number of hydrogen-bond acceptors (Lipinski definition) is 4. The first kappa shape index (κ1) is 8.93. The van der Waals surface area contributed by atoms with Crippen molar-refractivity contribution < 1.29 is 19.4 Å². The molecule has 74 valence electrons. The predicted molar refractivity (Wildman–Crippen MR) is 42.9 cm³/mol. The average molecular weight is 187 g/mol. The van der Waals surface area contributed by atoms with E-state index in [2.05, 4.69) is 0 Å². The molecule has 1 amide bonds. The second-order valence-corrected chi connectivity index (χ2v) is 3.33. The first-order valence-corrected chi connectivity index (χ1v) is 4.45. The zero-order valence-corrected chi connectivity index (χ0v) is 7.31. The molecule has 1 unspecified atom stereocenters. The molecule has 2 rings (SSSR count). The Labute approximate surface area is 76.2 Å². The molecule has 0 spiro atoms. The van der Waals surface area contributed by atoms with E-state index < -0.39 is 6.10 Å². The fourth-order valence-electron chi connectivity index (χ4n) is 1.62. The Morgan fingerprint density at radius 3 is 2.69 bits per heavy atom. The number of likely N-dealkylation sites (tertiary alicyclic amines) is 1. The average Bonchev–Trinajstić information content (AvgIpc) is 2.63. The van der Waals surface area contributed by atoms with Gasteiger partial charge in [-0.15, -0.1) is 0 Å². The van der Waals surface area contributed by atoms with E-state index in [1.807, 2.05) is 0 Å². The lowest BCUT2D eigenvalue weighted by Crippen LogP contribution is -2.34. The van der Waals surface area contributed by atoms with Gasteiger partial charge in [0.15, 0.2) is 6.29 Å². The summed E-state index contributed by atoms with van der Waals surface area (Å²) in [5.74, 6) is -0.0217. The number of ether oxygens (including phenoxy) is 2. The summed E-state index contributed by atoms with van der Waals surface area (Å²) in [5, 5.41) is 9.20. The van der Waals surface area contributed by atoms with Gasteiger partial charge in [0.2, 0.25) is 5.91 Å². The quantitative estimate of drug-likeness (QED) is 0.599. The molecule has 2 aliphatic rings. The van der Waals surface area contributed by atoms with Crippen LogP contribution in [0.2, 0.25) is 0 Å². The summed E-state index contributed by atoms with van der Waals surface area (Å²) < 4.78 is 10.4. The molecule has 1 N–H and O–H groups in total. The molecule has 2 saturated heterocycles. The molecule has 0 aromatic heterocycles. The van der Waals surface area contributed by atoms with Crippen LogP contribution in [-0.4, -0.2) is 54.6 Å². The lowest BCUT2D eigenvalue weighted by atomic mass is 10.3. The Balaban J connectivity index is 1.83. The minimum atomic E-state index is -0.520. The van der Waals surface area contributed by atoms with Crippen LogP contribution in [0.4, 0.5) is 0 Å². The third-order valence-corrected chi connectivity index (χ3v) is 2.25. The largest absolute Gasteiger partial charge is 0.391 e. The van der Waals surface area contributed by atoms with E-state index in [4.69, 9.17) is 9.47 Å². The lowest BCUT2D eigenvalue weighted by Gasteiger charge is -2.18. The molecule has 2 aliphatic heterocycles. The second kappa shape index (κ2) is 3.61. The zero-order chi connectivity index (χ0) is 9.26. The van der Waals surface area contributed by atoms with Crippen LogP contribution < -0.4 is 0 Å². The smallest absolute Gasteiger partial charge is 0.225 e. The molecule has 0 radical (unpaired) electrons. The summed E-state index contributed by atoms with van der Waals surface area (Å²) in [6, 6.07) is 0. The zero-order valence-electron chi connectivity index (χ0n) is 7.31. The van der Waals surface area contributed by atoms with Gasteiger partial charge in [0.1, 0.15) is 0 Å². The van der Waals surface area contributed by atoms with E-state index in [9.17, 15) is 9.90 Å². The Morgan fingerprint density at radius 1 is 1.46 bits per heavy atom. The van der Waals surface area contributed by atoms with Gasteiger partial charge in [0, 0.05) is 6.54 Å². The predicted octanol–water partition coefficient (Wildman–Crippen LogP) is -1.05. The number of aliphatic hydroxyl groups is 1. The van der Waals surface area contributed by atoms with Crippen LogP contribution in [0, 0.1) is 0 Å². The number of hydrogen-bond donors (Lipinski definition) is 1. The molecule has 0 aliphatic carbocycles. The maximum Gasteiger partial charge on any atom is 0.225 e. The minimum absolute atomic E-state index is 0.0217. The van der Waals surface area contributed by atoms with Crippen LogP contribution in [0.5, 0.6) is 0 Å². The normalized spacial score (nSPS) is 30.4. The van der Waals surface area contributed by atoms with Gasteiger partial charge in [-0.3, -0.25) is 4.79 Å². The molecular formula is C8H13NO4. The van der Waals surface area contributed by atoms with Crippen molar-refractivity contribution in [3.05, 3.63) is 0 Å². The van der Waals surface area contributed by atoms with Gasteiger partial charge >= 0.3 is 0 Å². The summed E-state index contributed by atoms with van der Waals surface area (Å²) in [5.41, 5.74) is 0. The van der Waals surface area contributed by atoms with Crippen molar-refractivity contribution in [1.29, 1.82) is 0 Å². The highest BCUT2D eigenvalue weighted by atomic mass is 16.7. The Bertz CT molecular complexity index is 202. The topological polar surface area (TPSA) is 59.0 Å². The van der Waals surface area contributed by atoms with Crippen molar-refractivity contribution in [2.24, 2.45) is 0 Å². The van der Waals surface area contributed by atoms with E-state index in [-0.39, 0.29) is 18.6 Å². The molecule has 5 nitrogen and oxygen atoms in total. The molecular weight excluding hydrogens is 174 g/mol. The van der Waals surface area contributed by atoms with E-state index in [0.717, 1.165) is 0 Å². The molecule has 0 aromatic carbocycles. The minimum Gasteiger partial charge on any atom is -0.391 e. The van der Waals surface area contributed by atoms with Crippen LogP contribution in [0.3, 0.4) is 0 Å². The highest BCUT2D eigenvalue weighted by Gasteiger charge is 2.31. The lowest BCUT2D eigenvalue weighted by molar-refractivity contribution is -0.133. The van der Waals surface area contributed by atoms with Crippen LogP contribution in [0.1, 0.15) is 6.42 Å². The van der Waals surface area contributed by atoms with E-state index in [1.165, 1.54) is 0 Å². The number of aliphatic hydroxyl groups excluding tert-OH is 1. The monoisotopic (exact) mass is 187 g/mol. The van der Waals surface area contributed by atoms with Crippen molar-refractivity contribution in [1.82, 2.24) is 4.90 Å². The van der Waals surface area contributed by atoms with Crippen molar-refractivity contribution in [3.63, 3.8) is 0 Å². The van der Waals surface area contributed by atoms with E-state index >= 15 is 0 Å². The van der Waals surface area contributed by atoms with E-state index in [0.29, 0.717) is 26.3 Å². The number of carbonyl (C=O) groups excluding carboxylic acids is 1. The molecule has 13 heavy (non-hydrogen) atoms. The van der Waals surface area contributed by atoms with E-state index in [1.54, 1.807) is 4.90 Å². The summed E-state index contributed by atoms with van der Waals surface area (Å²) in [6.45, 7) is 2.03. The summed E-state index contributed by atoms with van der Waals surface area (Å²) in [6.07, 6.45) is -0.588. The number of carbonyl (C=O) groups is 1. The number of amides is 1. The first-order chi connectivity index (χ1) is 6.25. The van der Waals surface area contributed by atoms with Gasteiger partial charge in [0.05, 0.1) is 32.3 Å². The van der Waals surface area contributed by atoms with Crippen molar-refractivity contribution in [2.75, 3.05) is 26.3 Å². The molecule has 0 saturated carbocycles. The maximum absolute atomic E-state index is 11.2. The molecule has 0 aromatic rings. The highest BCUT2D eigenvalue weighted by molar-refractivity contribution is 5.79. The maximum atomic E-state index is 11.2. The third kappa shape index (κ3) is 1.99. The standard InChI is InChI=1S/C8H13NO4/c10-6-3-7(11)9(4-6)5-8-12-1-2-13-8/h6,8,10H,1-5H2. The van der Waals surface area contributed by atoms with Gasteiger partial charge in [-0.05, 0) is 0 Å². The van der Waals surface area contributed by atoms with Crippen LogP contribution in [0.15, 0.2) is 0 Å². The van der Waals surface area contributed by atoms with Crippen LogP contribution >= 0.6 is 0 Å². The summed E-state index contributed by atoms with van der Waals surface area (Å²) in [4.78, 5) is 12.8. The Kier molecular flexibility index (Phi) is 2.48. The summed E-state index contributed by atoms with van der Waals surface area (Å²) >= 11 is 0. The Hall–Kier alpha value is -0.650. The van der Waals surface area contributed by atoms with Gasteiger partial charge in [-0.25, -0.2) is 0 Å². The molecule has 2 fully saturated rings. The van der Waals surface area contributed by atoms with Gasteiger partial charge in [-0.2, -0.15) is 0 Å². The Morgan fingerprint density at radius 2 is 2.15 bits per heavy atom. The first-order valence-electron chi connectivity index (χ1n) is 4.45. The molecule has 0 bridgehead atoms. The SMILES string of the molecule is O=C1CC(O)CN1CC1OCCO1. The van der Waals surface area contributed by atoms with Crippen molar-refractivity contribution in [3.8, 4) is 0 Å². The number of β-amino-alcohol motifs (C(OH)–C–C–N with tert-alkyl or cyclic N) is 1. The third-order valence-electron chi connectivity index (χ3n) is 2.25. The fourth-order valence-corrected chi connectivity index (χ4v) is 1.62. The van der Waals surface area contributed by atoms with Crippen molar-refractivity contribution in [2.45, 2.75) is 18.8 Å². The fraction of sp³-hybridized carbons (Fsp3) is 0.875. The molecule has 5 heteroatoms. The number of nitrogens with zero attached hydrogens (tertiary/aromatic N) is 1. The van der Waals surface area contributed by atoms with Crippen molar-refractivity contribution >= 4 is 5.91 Å². The van der Waals surface area contributed by atoms with Gasteiger partial charge in [0.25, 0.3) is 0 Å².